The molecule has 1 aromatic carbocycles. The molecule has 0 aliphatic carbocycles. The van der Waals surface area contributed by atoms with E-state index in [-0.39, 0.29) is 5.82 Å². The van der Waals surface area contributed by atoms with Crippen LogP contribution in [0.15, 0.2) is 47.2 Å². The minimum absolute atomic E-state index is 0.266. The second-order valence-electron chi connectivity index (χ2n) is 4.14. The van der Waals surface area contributed by atoms with Gasteiger partial charge in [0.2, 0.25) is 0 Å². The van der Waals surface area contributed by atoms with E-state index in [1.54, 1.807) is 24.0 Å². The van der Waals surface area contributed by atoms with Gasteiger partial charge < -0.3 is 9.63 Å². The van der Waals surface area contributed by atoms with Gasteiger partial charge in [-0.05, 0) is 19.1 Å². The Hall–Kier alpha value is -2.47. The van der Waals surface area contributed by atoms with Crippen molar-refractivity contribution in [1.82, 2.24) is 19.9 Å². The van der Waals surface area contributed by atoms with E-state index in [2.05, 4.69) is 15.2 Å². The Morgan fingerprint density at radius 1 is 1.26 bits per heavy atom. The van der Waals surface area contributed by atoms with Crippen LogP contribution in [0.5, 0.6) is 0 Å². The van der Waals surface area contributed by atoms with Gasteiger partial charge in [-0.3, -0.25) is 0 Å². The van der Waals surface area contributed by atoms with Crippen molar-refractivity contribution in [3.05, 3.63) is 48.5 Å². The molecule has 0 amide bonds. The normalized spacial score (nSPS) is 12.5. The quantitative estimate of drug-likeness (QED) is 0.775. The van der Waals surface area contributed by atoms with Gasteiger partial charge in [0.05, 0.1) is 17.4 Å². The number of para-hydroxylation sites is 1. The number of hydrogen-bond acceptors (Lipinski definition) is 5. The summed E-state index contributed by atoms with van der Waals surface area (Å²) in [5.41, 5.74) is 1.66. The van der Waals surface area contributed by atoms with Crippen LogP contribution in [-0.4, -0.2) is 25.0 Å². The Morgan fingerprint density at radius 3 is 2.74 bits per heavy atom. The zero-order chi connectivity index (χ0) is 13.2. The first-order chi connectivity index (χ1) is 9.24. The lowest BCUT2D eigenvalue weighted by molar-refractivity contribution is 0.184. The number of benzene rings is 1. The lowest BCUT2D eigenvalue weighted by atomic mass is 10.3. The van der Waals surface area contributed by atoms with E-state index in [1.807, 2.05) is 30.3 Å². The molecular weight excluding hydrogens is 244 g/mol. The molecule has 0 saturated heterocycles. The van der Waals surface area contributed by atoms with Crippen LogP contribution in [0, 0.1) is 0 Å². The van der Waals surface area contributed by atoms with Crippen LogP contribution in [0.25, 0.3) is 17.1 Å². The topological polar surface area (TPSA) is 77.0 Å². The molecule has 0 spiro atoms. The molecule has 0 bridgehead atoms. The average Bonchev–Trinajstić information content (AvgIpc) is 3.09. The lowest BCUT2D eigenvalue weighted by Crippen LogP contribution is -1.93. The molecule has 19 heavy (non-hydrogen) atoms. The smallest absolute Gasteiger partial charge is 0.261 e. The number of nitrogens with zero attached hydrogens (tertiary/aromatic N) is 4. The Kier molecular flexibility index (Phi) is 2.85. The van der Waals surface area contributed by atoms with E-state index in [0.29, 0.717) is 11.5 Å². The number of aliphatic hydroxyl groups excluding tert-OH is 1. The van der Waals surface area contributed by atoms with Crippen LogP contribution in [0.2, 0.25) is 0 Å². The van der Waals surface area contributed by atoms with Crippen molar-refractivity contribution in [1.29, 1.82) is 0 Å². The van der Waals surface area contributed by atoms with Crippen LogP contribution in [0.4, 0.5) is 0 Å². The standard InChI is InChI=1S/C13H12N4O2/c1-9(18)12-15-13(19-16-12)10-7-14-17(8-10)11-5-3-2-4-6-11/h2-9,18H,1H3. The molecule has 1 N–H and O–H groups in total. The van der Waals surface area contributed by atoms with Crippen molar-refractivity contribution in [3.8, 4) is 17.1 Å². The Morgan fingerprint density at radius 2 is 2.05 bits per heavy atom. The summed E-state index contributed by atoms with van der Waals surface area (Å²) in [6.45, 7) is 1.59. The summed E-state index contributed by atoms with van der Waals surface area (Å²) in [4.78, 5) is 4.11. The molecule has 0 radical (unpaired) electrons. The molecule has 6 heteroatoms. The van der Waals surface area contributed by atoms with Crippen molar-refractivity contribution in [2.45, 2.75) is 13.0 Å². The second kappa shape index (κ2) is 4.66. The largest absolute Gasteiger partial charge is 0.385 e. The number of hydrogen-bond donors (Lipinski definition) is 1. The molecule has 0 fully saturated rings. The number of aliphatic hydroxyl groups is 1. The highest BCUT2D eigenvalue weighted by atomic mass is 16.5. The highest BCUT2D eigenvalue weighted by Gasteiger charge is 2.14. The van der Waals surface area contributed by atoms with Crippen LogP contribution in [0.1, 0.15) is 18.9 Å². The highest BCUT2D eigenvalue weighted by Crippen LogP contribution is 2.19. The minimum atomic E-state index is -0.748. The predicted octanol–water partition coefficient (Wildman–Crippen LogP) is 1.98. The third-order valence-corrected chi connectivity index (χ3v) is 2.67. The molecular formula is C13H12N4O2. The van der Waals surface area contributed by atoms with Crippen molar-refractivity contribution in [2.75, 3.05) is 0 Å². The van der Waals surface area contributed by atoms with Crippen LogP contribution in [0.3, 0.4) is 0 Å². The third-order valence-electron chi connectivity index (χ3n) is 2.67. The maximum atomic E-state index is 9.36. The van der Waals surface area contributed by atoms with Gasteiger partial charge in [0, 0.05) is 6.20 Å². The molecule has 0 aliphatic rings. The summed E-state index contributed by atoms with van der Waals surface area (Å²) < 4.78 is 6.81. The Bertz CT molecular complexity index is 673. The van der Waals surface area contributed by atoms with Gasteiger partial charge in [-0.25, -0.2) is 4.68 Å². The lowest BCUT2D eigenvalue weighted by Gasteiger charge is -1.98. The number of rotatable bonds is 3. The summed E-state index contributed by atoms with van der Waals surface area (Å²) >= 11 is 0. The fourth-order valence-electron chi connectivity index (χ4n) is 1.68. The first-order valence-corrected chi connectivity index (χ1v) is 5.86. The minimum Gasteiger partial charge on any atom is -0.385 e. The monoisotopic (exact) mass is 256 g/mol. The van der Waals surface area contributed by atoms with Crippen LogP contribution in [-0.2, 0) is 0 Å². The Balaban J connectivity index is 1.92. The SMILES string of the molecule is CC(O)c1noc(-c2cnn(-c3ccccc3)c2)n1. The van der Waals surface area contributed by atoms with E-state index in [4.69, 9.17) is 4.52 Å². The van der Waals surface area contributed by atoms with Crippen molar-refractivity contribution in [2.24, 2.45) is 0 Å². The van der Waals surface area contributed by atoms with Gasteiger partial charge in [0.1, 0.15) is 6.10 Å². The first-order valence-electron chi connectivity index (χ1n) is 5.86. The van der Waals surface area contributed by atoms with Crippen molar-refractivity contribution in [3.63, 3.8) is 0 Å². The molecule has 1 unspecified atom stereocenters. The predicted molar refractivity (Wildman–Crippen MR) is 67.5 cm³/mol. The molecule has 0 saturated carbocycles. The summed E-state index contributed by atoms with van der Waals surface area (Å²) in [6.07, 6.45) is 2.70. The van der Waals surface area contributed by atoms with E-state index in [9.17, 15) is 5.11 Å². The van der Waals surface area contributed by atoms with Crippen molar-refractivity contribution >= 4 is 0 Å². The summed E-state index contributed by atoms with van der Waals surface area (Å²) in [7, 11) is 0. The van der Waals surface area contributed by atoms with Crippen molar-refractivity contribution < 1.29 is 9.63 Å². The molecule has 2 aromatic heterocycles. The molecule has 6 nitrogen and oxygen atoms in total. The Labute approximate surface area is 109 Å². The van der Waals surface area contributed by atoms with E-state index >= 15 is 0 Å². The molecule has 0 aliphatic heterocycles. The van der Waals surface area contributed by atoms with Crippen LogP contribution >= 0.6 is 0 Å². The highest BCUT2D eigenvalue weighted by molar-refractivity contribution is 5.51. The van der Waals surface area contributed by atoms with Gasteiger partial charge in [0.15, 0.2) is 5.82 Å². The maximum absolute atomic E-state index is 9.36. The van der Waals surface area contributed by atoms with Gasteiger partial charge in [-0.2, -0.15) is 10.1 Å². The molecule has 1 atom stereocenters. The van der Waals surface area contributed by atoms with Crippen LogP contribution < -0.4 is 0 Å². The average molecular weight is 256 g/mol. The van der Waals surface area contributed by atoms with E-state index < -0.39 is 6.10 Å². The number of aromatic nitrogens is 4. The summed E-state index contributed by atoms with van der Waals surface area (Å²) in [5, 5.41) is 17.3. The molecule has 3 rings (SSSR count). The fraction of sp³-hybridized carbons (Fsp3) is 0.154. The van der Waals surface area contributed by atoms with E-state index in [0.717, 1.165) is 5.69 Å². The van der Waals surface area contributed by atoms with Gasteiger partial charge in [-0.15, -0.1) is 0 Å². The van der Waals surface area contributed by atoms with E-state index in [1.165, 1.54) is 0 Å². The zero-order valence-electron chi connectivity index (χ0n) is 10.3. The fourth-order valence-corrected chi connectivity index (χ4v) is 1.68. The molecule has 3 aromatic rings. The zero-order valence-corrected chi connectivity index (χ0v) is 10.3. The summed E-state index contributed by atoms with van der Waals surface area (Å²) in [6, 6.07) is 9.72. The van der Waals surface area contributed by atoms with Gasteiger partial charge >= 0.3 is 0 Å². The summed E-state index contributed by atoms with van der Waals surface area (Å²) in [5.74, 6) is 0.612. The molecule has 2 heterocycles. The first kappa shape index (κ1) is 11.6. The van der Waals surface area contributed by atoms with Gasteiger partial charge in [-0.1, -0.05) is 23.4 Å². The third kappa shape index (κ3) is 2.25. The maximum Gasteiger partial charge on any atom is 0.261 e. The van der Waals surface area contributed by atoms with Gasteiger partial charge in [0.25, 0.3) is 5.89 Å². The molecule has 96 valence electrons. The second-order valence-corrected chi connectivity index (χ2v) is 4.14.